The number of hydrogen-bond donors (Lipinski definition) is 1. The topological polar surface area (TPSA) is 57.9 Å². The van der Waals surface area contributed by atoms with Gasteiger partial charge in [0, 0.05) is 17.7 Å². The SMILES string of the molecule is CNc1c(C#N)cnc2c(Br)cc(Br)c(OC)c12. The second-order valence-electron chi connectivity index (χ2n) is 3.51. The number of pyridine rings is 1. The fraction of sp³-hybridized carbons (Fsp3) is 0.167. The van der Waals surface area contributed by atoms with Crippen molar-refractivity contribution >= 4 is 48.5 Å². The van der Waals surface area contributed by atoms with Crippen molar-refractivity contribution in [3.05, 3.63) is 26.8 Å². The van der Waals surface area contributed by atoms with Crippen molar-refractivity contribution in [2.45, 2.75) is 0 Å². The number of nitriles is 1. The molecule has 0 aliphatic rings. The minimum absolute atomic E-state index is 0.480. The van der Waals surface area contributed by atoms with Crippen LogP contribution in [-0.2, 0) is 0 Å². The Morgan fingerprint density at radius 1 is 1.39 bits per heavy atom. The first-order valence-corrected chi connectivity index (χ1v) is 6.65. The summed E-state index contributed by atoms with van der Waals surface area (Å²) in [5.74, 6) is 0.655. The van der Waals surface area contributed by atoms with Gasteiger partial charge in [0.15, 0.2) is 0 Å². The van der Waals surface area contributed by atoms with E-state index in [0.29, 0.717) is 17.0 Å². The van der Waals surface area contributed by atoms with Crippen LogP contribution in [-0.4, -0.2) is 19.1 Å². The molecule has 0 saturated carbocycles. The molecule has 0 unspecified atom stereocenters. The van der Waals surface area contributed by atoms with Crippen LogP contribution in [0.1, 0.15) is 5.56 Å². The third-order valence-electron chi connectivity index (χ3n) is 2.58. The van der Waals surface area contributed by atoms with Gasteiger partial charge in [-0.3, -0.25) is 4.98 Å². The van der Waals surface area contributed by atoms with Gasteiger partial charge in [-0.15, -0.1) is 0 Å². The Bertz CT molecular complexity index is 665. The summed E-state index contributed by atoms with van der Waals surface area (Å²) in [4.78, 5) is 4.30. The fourth-order valence-corrected chi connectivity index (χ4v) is 3.25. The van der Waals surface area contributed by atoms with Gasteiger partial charge < -0.3 is 10.1 Å². The molecule has 4 nitrogen and oxygen atoms in total. The van der Waals surface area contributed by atoms with Gasteiger partial charge >= 0.3 is 0 Å². The quantitative estimate of drug-likeness (QED) is 0.875. The van der Waals surface area contributed by atoms with Crippen molar-refractivity contribution in [2.24, 2.45) is 0 Å². The first-order valence-electron chi connectivity index (χ1n) is 5.06. The van der Waals surface area contributed by atoms with Crippen LogP contribution in [0.15, 0.2) is 21.2 Å². The van der Waals surface area contributed by atoms with E-state index in [4.69, 9.17) is 10.00 Å². The molecule has 18 heavy (non-hydrogen) atoms. The molecule has 1 aromatic heterocycles. The second-order valence-corrected chi connectivity index (χ2v) is 5.21. The van der Waals surface area contributed by atoms with E-state index >= 15 is 0 Å². The largest absolute Gasteiger partial charge is 0.495 e. The minimum Gasteiger partial charge on any atom is -0.495 e. The van der Waals surface area contributed by atoms with Crippen molar-refractivity contribution in [2.75, 3.05) is 19.5 Å². The second kappa shape index (κ2) is 5.12. The van der Waals surface area contributed by atoms with Crippen molar-refractivity contribution in [1.82, 2.24) is 4.98 Å². The van der Waals surface area contributed by atoms with Gasteiger partial charge in [-0.05, 0) is 37.9 Å². The molecule has 0 bridgehead atoms. The maximum Gasteiger partial charge on any atom is 0.144 e. The Morgan fingerprint density at radius 2 is 2.11 bits per heavy atom. The van der Waals surface area contributed by atoms with Crippen molar-refractivity contribution < 1.29 is 4.74 Å². The summed E-state index contributed by atoms with van der Waals surface area (Å²) in [5, 5.41) is 12.9. The van der Waals surface area contributed by atoms with E-state index < -0.39 is 0 Å². The van der Waals surface area contributed by atoms with E-state index in [0.717, 1.165) is 19.8 Å². The highest BCUT2D eigenvalue weighted by molar-refractivity contribution is 9.11. The van der Waals surface area contributed by atoms with Crippen LogP contribution in [0.5, 0.6) is 5.75 Å². The predicted molar refractivity (Wildman–Crippen MR) is 78.0 cm³/mol. The van der Waals surface area contributed by atoms with Gasteiger partial charge in [-0.25, -0.2) is 0 Å². The summed E-state index contributed by atoms with van der Waals surface area (Å²) in [6.07, 6.45) is 1.55. The molecular weight excluding hydrogens is 362 g/mol. The Labute approximate surface area is 121 Å². The van der Waals surface area contributed by atoms with Gasteiger partial charge in [-0.1, -0.05) is 0 Å². The Morgan fingerprint density at radius 3 is 2.67 bits per heavy atom. The summed E-state index contributed by atoms with van der Waals surface area (Å²) in [7, 11) is 3.36. The molecule has 0 radical (unpaired) electrons. The molecule has 0 saturated heterocycles. The summed E-state index contributed by atoms with van der Waals surface area (Å²) in [6.45, 7) is 0. The Hall–Kier alpha value is -1.32. The first-order chi connectivity index (χ1) is 8.63. The molecule has 0 spiro atoms. The lowest BCUT2D eigenvalue weighted by Gasteiger charge is -2.14. The number of anilines is 1. The lowest BCUT2D eigenvalue weighted by Crippen LogP contribution is -1.99. The maximum absolute atomic E-state index is 9.12. The molecule has 1 aromatic carbocycles. The number of ether oxygens (including phenoxy) is 1. The van der Waals surface area contributed by atoms with Gasteiger partial charge in [0.1, 0.15) is 11.8 Å². The number of aromatic nitrogens is 1. The number of halogens is 2. The van der Waals surface area contributed by atoms with Crippen molar-refractivity contribution in [3.63, 3.8) is 0 Å². The van der Waals surface area contributed by atoms with Crippen LogP contribution >= 0.6 is 31.9 Å². The van der Waals surface area contributed by atoms with Crippen molar-refractivity contribution in [3.8, 4) is 11.8 Å². The van der Waals surface area contributed by atoms with Crippen LogP contribution in [0.4, 0.5) is 5.69 Å². The standard InChI is InChI=1S/C12H9Br2N3O/c1-16-10-6(4-15)5-17-11-7(13)3-8(14)12(18-2)9(10)11/h3,5H,1-2H3,(H,16,17). The lowest BCUT2D eigenvalue weighted by atomic mass is 10.1. The predicted octanol–water partition coefficient (Wildman–Crippen LogP) is 3.68. The molecule has 0 aliphatic heterocycles. The van der Waals surface area contributed by atoms with Crippen LogP contribution in [0, 0.1) is 11.3 Å². The molecule has 1 heterocycles. The zero-order valence-electron chi connectivity index (χ0n) is 9.71. The van der Waals surface area contributed by atoms with Gasteiger partial charge in [0.2, 0.25) is 0 Å². The number of fused-ring (bicyclic) bond motifs is 1. The lowest BCUT2D eigenvalue weighted by molar-refractivity contribution is 0.417. The zero-order chi connectivity index (χ0) is 13.3. The molecule has 6 heteroatoms. The summed E-state index contributed by atoms with van der Waals surface area (Å²) >= 11 is 6.91. The number of benzene rings is 1. The highest BCUT2D eigenvalue weighted by atomic mass is 79.9. The number of nitrogens with one attached hydrogen (secondary N) is 1. The molecule has 0 atom stereocenters. The smallest absolute Gasteiger partial charge is 0.144 e. The highest BCUT2D eigenvalue weighted by Gasteiger charge is 2.17. The average molecular weight is 371 g/mol. The number of hydrogen-bond acceptors (Lipinski definition) is 4. The maximum atomic E-state index is 9.12. The van der Waals surface area contributed by atoms with E-state index in [1.165, 1.54) is 0 Å². The number of rotatable bonds is 2. The van der Waals surface area contributed by atoms with E-state index in [1.807, 2.05) is 6.07 Å². The summed E-state index contributed by atoms with van der Waals surface area (Å²) in [5.41, 5.74) is 1.94. The van der Waals surface area contributed by atoms with E-state index in [-0.39, 0.29) is 0 Å². The van der Waals surface area contributed by atoms with Crippen LogP contribution in [0.3, 0.4) is 0 Å². The zero-order valence-corrected chi connectivity index (χ0v) is 12.9. The van der Waals surface area contributed by atoms with Gasteiger partial charge in [0.25, 0.3) is 0 Å². The monoisotopic (exact) mass is 369 g/mol. The molecule has 0 amide bonds. The fourth-order valence-electron chi connectivity index (χ4n) is 1.82. The number of methoxy groups -OCH3 is 1. The summed E-state index contributed by atoms with van der Waals surface area (Å²) < 4.78 is 7.04. The normalized spacial score (nSPS) is 10.2. The number of nitrogens with zero attached hydrogens (tertiary/aromatic N) is 2. The van der Waals surface area contributed by atoms with Crippen molar-refractivity contribution in [1.29, 1.82) is 5.26 Å². The molecule has 0 fully saturated rings. The molecule has 0 aliphatic carbocycles. The third-order valence-corrected chi connectivity index (χ3v) is 3.77. The van der Waals surface area contributed by atoms with Crippen LogP contribution in [0.2, 0.25) is 0 Å². The van der Waals surface area contributed by atoms with Crippen LogP contribution in [0.25, 0.3) is 10.9 Å². The Balaban J connectivity index is 3.03. The highest BCUT2D eigenvalue weighted by Crippen LogP contribution is 2.41. The van der Waals surface area contributed by atoms with E-state index in [9.17, 15) is 0 Å². The van der Waals surface area contributed by atoms with Gasteiger partial charge in [0.05, 0.1) is 33.7 Å². The average Bonchev–Trinajstić information content (AvgIpc) is 2.37. The van der Waals surface area contributed by atoms with E-state index in [1.54, 1.807) is 20.4 Å². The molecular formula is C12H9Br2N3O. The molecule has 2 aromatic rings. The molecule has 2 rings (SSSR count). The van der Waals surface area contributed by atoms with Crippen LogP contribution < -0.4 is 10.1 Å². The summed E-state index contributed by atoms with van der Waals surface area (Å²) in [6, 6.07) is 3.99. The van der Waals surface area contributed by atoms with E-state index in [2.05, 4.69) is 48.2 Å². The minimum atomic E-state index is 0.480. The van der Waals surface area contributed by atoms with Gasteiger partial charge in [-0.2, -0.15) is 5.26 Å². The third kappa shape index (κ3) is 1.93. The molecule has 1 N–H and O–H groups in total. The molecule has 92 valence electrons. The Kier molecular flexibility index (Phi) is 3.73. The first kappa shape index (κ1) is 13.1.